The van der Waals surface area contributed by atoms with Gasteiger partial charge in [0.05, 0.1) is 18.8 Å². The third-order valence-electron chi connectivity index (χ3n) is 1.97. The predicted molar refractivity (Wildman–Crippen MR) is 64.7 cm³/mol. The summed E-state index contributed by atoms with van der Waals surface area (Å²) < 4.78 is 5.94. The molecule has 0 fully saturated rings. The second-order valence-corrected chi connectivity index (χ2v) is 4.32. The predicted octanol–water partition coefficient (Wildman–Crippen LogP) is 1.57. The lowest BCUT2D eigenvalue weighted by molar-refractivity contribution is 0.0921. The van der Waals surface area contributed by atoms with Crippen molar-refractivity contribution in [3.05, 3.63) is 28.2 Å². The topological polar surface area (TPSA) is 58.6 Å². The summed E-state index contributed by atoms with van der Waals surface area (Å²) in [7, 11) is 1.51. The zero-order valence-electron chi connectivity index (χ0n) is 9.16. The van der Waals surface area contributed by atoms with E-state index < -0.39 is 6.10 Å². The van der Waals surface area contributed by atoms with Gasteiger partial charge in [0.1, 0.15) is 5.75 Å². The number of hydrogen-bond donors (Lipinski definition) is 2. The molecule has 0 aromatic heterocycles. The fraction of sp³-hybridized carbons (Fsp3) is 0.364. The molecule has 0 saturated heterocycles. The Balaban J connectivity index is 2.82. The van der Waals surface area contributed by atoms with Crippen molar-refractivity contribution in [2.75, 3.05) is 13.7 Å². The highest BCUT2D eigenvalue weighted by Gasteiger charge is 2.12. The Kier molecular flexibility index (Phi) is 4.76. The molecular formula is C11H14BrNO3. The smallest absolute Gasteiger partial charge is 0.255 e. The Morgan fingerprint density at radius 3 is 2.88 bits per heavy atom. The first kappa shape index (κ1) is 13.0. The zero-order chi connectivity index (χ0) is 12.1. The standard InChI is InChI=1S/C11H14BrNO3/c1-7(14)6-13-11(15)9-4-3-8(12)5-10(9)16-2/h3-5,7,14H,6H2,1-2H3,(H,13,15). The number of nitrogens with one attached hydrogen (secondary N) is 1. The van der Waals surface area contributed by atoms with Crippen LogP contribution >= 0.6 is 15.9 Å². The van der Waals surface area contributed by atoms with Crippen molar-refractivity contribution in [3.8, 4) is 5.75 Å². The van der Waals surface area contributed by atoms with Gasteiger partial charge < -0.3 is 15.2 Å². The Labute approximate surface area is 103 Å². The number of hydrogen-bond acceptors (Lipinski definition) is 3. The third kappa shape index (κ3) is 3.50. The van der Waals surface area contributed by atoms with E-state index in [2.05, 4.69) is 21.2 Å². The molecule has 1 amide bonds. The van der Waals surface area contributed by atoms with Crippen LogP contribution in [0, 0.1) is 0 Å². The normalized spacial score (nSPS) is 12.0. The van der Waals surface area contributed by atoms with Gasteiger partial charge in [0.15, 0.2) is 0 Å². The summed E-state index contributed by atoms with van der Waals surface area (Å²) in [4.78, 5) is 11.7. The summed E-state index contributed by atoms with van der Waals surface area (Å²) in [6.07, 6.45) is -0.564. The van der Waals surface area contributed by atoms with Crippen molar-refractivity contribution in [1.82, 2.24) is 5.32 Å². The largest absolute Gasteiger partial charge is 0.496 e. The van der Waals surface area contributed by atoms with Crippen LogP contribution in [-0.2, 0) is 0 Å². The molecule has 1 aromatic rings. The second kappa shape index (κ2) is 5.86. The lowest BCUT2D eigenvalue weighted by Crippen LogP contribution is -2.30. The molecule has 1 aromatic carbocycles. The van der Waals surface area contributed by atoms with E-state index in [-0.39, 0.29) is 12.5 Å². The SMILES string of the molecule is COc1cc(Br)ccc1C(=O)NCC(C)O. The van der Waals surface area contributed by atoms with Crippen molar-refractivity contribution in [1.29, 1.82) is 0 Å². The molecule has 0 saturated carbocycles. The number of carbonyl (C=O) groups is 1. The number of rotatable bonds is 4. The number of benzene rings is 1. The number of aliphatic hydroxyl groups is 1. The minimum atomic E-state index is -0.564. The molecule has 0 aliphatic rings. The van der Waals surface area contributed by atoms with Gasteiger partial charge in [0.25, 0.3) is 5.91 Å². The van der Waals surface area contributed by atoms with Crippen LogP contribution in [0.15, 0.2) is 22.7 Å². The fourth-order valence-corrected chi connectivity index (χ4v) is 1.53. The van der Waals surface area contributed by atoms with E-state index >= 15 is 0 Å². The van der Waals surface area contributed by atoms with Gasteiger partial charge in [-0.05, 0) is 25.1 Å². The third-order valence-corrected chi connectivity index (χ3v) is 2.46. The van der Waals surface area contributed by atoms with Gasteiger partial charge in [-0.15, -0.1) is 0 Å². The van der Waals surface area contributed by atoms with Gasteiger partial charge in [0, 0.05) is 11.0 Å². The molecule has 2 N–H and O–H groups in total. The molecular weight excluding hydrogens is 274 g/mol. The van der Waals surface area contributed by atoms with Crippen LogP contribution in [-0.4, -0.2) is 30.8 Å². The summed E-state index contributed by atoms with van der Waals surface area (Å²) in [5.74, 6) is 0.239. The zero-order valence-corrected chi connectivity index (χ0v) is 10.7. The molecule has 0 heterocycles. The first-order valence-electron chi connectivity index (χ1n) is 4.84. The maximum Gasteiger partial charge on any atom is 0.255 e. The average Bonchev–Trinajstić information content (AvgIpc) is 2.25. The molecule has 88 valence electrons. The van der Waals surface area contributed by atoms with E-state index in [4.69, 9.17) is 9.84 Å². The summed E-state index contributed by atoms with van der Waals surface area (Å²) >= 11 is 3.30. The quantitative estimate of drug-likeness (QED) is 0.884. The van der Waals surface area contributed by atoms with Crippen molar-refractivity contribution < 1.29 is 14.6 Å². The van der Waals surface area contributed by atoms with Crippen molar-refractivity contribution in [3.63, 3.8) is 0 Å². The summed E-state index contributed by atoms with van der Waals surface area (Å²) in [6.45, 7) is 1.83. The van der Waals surface area contributed by atoms with Gasteiger partial charge in [-0.2, -0.15) is 0 Å². The summed E-state index contributed by atoms with van der Waals surface area (Å²) in [5, 5.41) is 11.7. The fourth-order valence-electron chi connectivity index (χ4n) is 1.19. The van der Waals surface area contributed by atoms with E-state index in [9.17, 15) is 4.79 Å². The number of carbonyl (C=O) groups excluding carboxylic acids is 1. The van der Waals surface area contributed by atoms with Gasteiger partial charge in [0.2, 0.25) is 0 Å². The van der Waals surface area contributed by atoms with Crippen LogP contribution in [0.5, 0.6) is 5.75 Å². The van der Waals surface area contributed by atoms with E-state index in [0.29, 0.717) is 11.3 Å². The Hall–Kier alpha value is -1.07. The van der Waals surface area contributed by atoms with Gasteiger partial charge in [-0.1, -0.05) is 15.9 Å². The Morgan fingerprint density at radius 2 is 2.31 bits per heavy atom. The lowest BCUT2D eigenvalue weighted by atomic mass is 10.2. The van der Waals surface area contributed by atoms with Crippen LogP contribution in [0.1, 0.15) is 17.3 Å². The molecule has 0 spiro atoms. The highest BCUT2D eigenvalue weighted by Crippen LogP contribution is 2.23. The molecule has 1 unspecified atom stereocenters. The molecule has 0 aliphatic heterocycles. The van der Waals surface area contributed by atoms with E-state index in [1.54, 1.807) is 25.1 Å². The number of methoxy groups -OCH3 is 1. The number of aliphatic hydroxyl groups excluding tert-OH is 1. The minimum Gasteiger partial charge on any atom is -0.496 e. The Morgan fingerprint density at radius 1 is 1.62 bits per heavy atom. The monoisotopic (exact) mass is 287 g/mol. The molecule has 0 aliphatic carbocycles. The van der Waals surface area contributed by atoms with Crippen molar-refractivity contribution >= 4 is 21.8 Å². The van der Waals surface area contributed by atoms with E-state index in [1.165, 1.54) is 7.11 Å². The summed E-state index contributed by atoms with van der Waals surface area (Å²) in [6, 6.07) is 5.15. The molecule has 4 nitrogen and oxygen atoms in total. The maximum absolute atomic E-state index is 11.7. The molecule has 1 atom stereocenters. The number of halogens is 1. The molecule has 16 heavy (non-hydrogen) atoms. The number of ether oxygens (including phenoxy) is 1. The second-order valence-electron chi connectivity index (χ2n) is 3.40. The van der Waals surface area contributed by atoms with E-state index in [0.717, 1.165) is 4.47 Å². The minimum absolute atomic E-state index is 0.220. The van der Waals surface area contributed by atoms with Crippen LogP contribution in [0.4, 0.5) is 0 Å². The average molecular weight is 288 g/mol. The molecule has 5 heteroatoms. The van der Waals surface area contributed by atoms with Crippen LogP contribution in [0.25, 0.3) is 0 Å². The molecule has 0 radical (unpaired) electrons. The highest BCUT2D eigenvalue weighted by molar-refractivity contribution is 9.10. The van der Waals surface area contributed by atoms with Crippen LogP contribution in [0.3, 0.4) is 0 Å². The maximum atomic E-state index is 11.7. The van der Waals surface area contributed by atoms with Gasteiger partial charge in [-0.3, -0.25) is 4.79 Å². The van der Waals surface area contributed by atoms with Crippen LogP contribution in [0.2, 0.25) is 0 Å². The molecule has 0 bridgehead atoms. The first-order chi connectivity index (χ1) is 7.54. The van der Waals surface area contributed by atoms with Gasteiger partial charge >= 0.3 is 0 Å². The Bertz CT molecular complexity index is 379. The van der Waals surface area contributed by atoms with Crippen molar-refractivity contribution in [2.24, 2.45) is 0 Å². The van der Waals surface area contributed by atoms with Crippen LogP contribution < -0.4 is 10.1 Å². The number of amides is 1. The lowest BCUT2D eigenvalue weighted by Gasteiger charge is -2.10. The summed E-state index contributed by atoms with van der Waals surface area (Å²) in [5.41, 5.74) is 0.450. The first-order valence-corrected chi connectivity index (χ1v) is 5.63. The van der Waals surface area contributed by atoms with E-state index in [1.807, 2.05) is 0 Å². The highest BCUT2D eigenvalue weighted by atomic mass is 79.9. The van der Waals surface area contributed by atoms with Crippen molar-refractivity contribution in [2.45, 2.75) is 13.0 Å². The molecule has 1 rings (SSSR count). The van der Waals surface area contributed by atoms with Gasteiger partial charge in [-0.25, -0.2) is 0 Å².